The van der Waals surface area contributed by atoms with Gasteiger partial charge in [0.2, 0.25) is 5.96 Å². The average Bonchev–Trinajstić information content (AvgIpc) is 3.39. The molecule has 1 aromatic carbocycles. The standard InChI is InChI=1S/C26H33FN6O2/c1-2-3-17-35-26(34)33-25(30-15-6-7-22-18-28-19-32-22)31-16-13-23(24-8-4-5-14-29-24)20-9-11-21(27)12-10-20/h4-5,8-12,14,18-19,23H,2-3,6-7,13,15-17H2,1H3,(H,28,32)(H2,30,31,33,34). The number of H-pyrrole nitrogens is 1. The molecule has 1 unspecified atom stereocenters. The molecule has 3 rings (SSSR count). The third-order valence-corrected chi connectivity index (χ3v) is 5.41. The first-order valence-corrected chi connectivity index (χ1v) is 12.0. The number of carbonyl (C=O) groups excluding carboxylic acids is 1. The molecule has 3 N–H and O–H groups in total. The van der Waals surface area contributed by atoms with E-state index >= 15 is 0 Å². The lowest BCUT2D eigenvalue weighted by atomic mass is 9.92. The number of aryl methyl sites for hydroxylation is 1. The van der Waals surface area contributed by atoms with Crippen LogP contribution in [0.5, 0.6) is 0 Å². The molecule has 0 spiro atoms. The molecular formula is C26H33FN6O2. The second kappa shape index (κ2) is 14.5. The molecule has 0 bridgehead atoms. The van der Waals surface area contributed by atoms with E-state index in [9.17, 15) is 9.18 Å². The number of ether oxygens (including phenoxy) is 1. The minimum atomic E-state index is -0.531. The largest absolute Gasteiger partial charge is 0.449 e. The van der Waals surface area contributed by atoms with Gasteiger partial charge in [-0.3, -0.25) is 15.3 Å². The van der Waals surface area contributed by atoms with Crippen molar-refractivity contribution in [3.63, 3.8) is 0 Å². The van der Waals surface area contributed by atoms with Crippen molar-refractivity contribution in [1.29, 1.82) is 0 Å². The number of imidazole rings is 1. The molecule has 35 heavy (non-hydrogen) atoms. The maximum absolute atomic E-state index is 13.5. The van der Waals surface area contributed by atoms with Crippen molar-refractivity contribution in [2.45, 2.75) is 44.9 Å². The van der Waals surface area contributed by atoms with E-state index in [1.54, 1.807) is 24.7 Å². The number of benzene rings is 1. The summed E-state index contributed by atoms with van der Waals surface area (Å²) in [6.07, 6.45) is 8.74. The predicted molar refractivity (Wildman–Crippen MR) is 134 cm³/mol. The number of amides is 1. The van der Waals surface area contributed by atoms with Crippen LogP contribution in [0.4, 0.5) is 9.18 Å². The van der Waals surface area contributed by atoms with E-state index in [2.05, 4.69) is 30.6 Å². The summed E-state index contributed by atoms with van der Waals surface area (Å²) < 4.78 is 18.7. The Bertz CT molecular complexity index is 1030. The molecule has 0 aliphatic carbocycles. The van der Waals surface area contributed by atoms with Crippen LogP contribution in [0.2, 0.25) is 0 Å². The number of guanidine groups is 1. The van der Waals surface area contributed by atoms with Crippen LogP contribution in [-0.2, 0) is 11.2 Å². The molecule has 2 aromatic heterocycles. The van der Waals surface area contributed by atoms with E-state index in [1.807, 2.05) is 31.3 Å². The molecule has 0 saturated heterocycles. The SMILES string of the molecule is CCCCOC(=O)NC(=NCCC(c1ccc(F)cc1)c1ccccn1)NCCCc1c[nH]cn1. The van der Waals surface area contributed by atoms with Crippen molar-refractivity contribution in [3.05, 3.63) is 84.0 Å². The van der Waals surface area contributed by atoms with Crippen LogP contribution < -0.4 is 10.6 Å². The lowest BCUT2D eigenvalue weighted by Crippen LogP contribution is -2.42. The summed E-state index contributed by atoms with van der Waals surface area (Å²) in [5.41, 5.74) is 2.82. The summed E-state index contributed by atoms with van der Waals surface area (Å²) >= 11 is 0. The number of unbranched alkanes of at least 4 members (excludes halogenated alkanes) is 1. The molecule has 9 heteroatoms. The molecule has 186 valence electrons. The topological polar surface area (TPSA) is 104 Å². The number of halogens is 1. The fraction of sp³-hybridized carbons (Fsp3) is 0.385. The van der Waals surface area contributed by atoms with Crippen LogP contribution in [0.1, 0.15) is 55.5 Å². The zero-order valence-corrected chi connectivity index (χ0v) is 20.0. The molecular weight excluding hydrogens is 447 g/mol. The zero-order valence-electron chi connectivity index (χ0n) is 20.0. The van der Waals surface area contributed by atoms with E-state index in [0.29, 0.717) is 32.1 Å². The number of rotatable bonds is 12. The van der Waals surface area contributed by atoms with Gasteiger partial charge in [0.25, 0.3) is 0 Å². The van der Waals surface area contributed by atoms with Crippen LogP contribution in [0.3, 0.4) is 0 Å². The van der Waals surface area contributed by atoms with Crippen molar-refractivity contribution < 1.29 is 13.9 Å². The van der Waals surface area contributed by atoms with Gasteiger partial charge in [0.15, 0.2) is 0 Å². The monoisotopic (exact) mass is 480 g/mol. The first-order chi connectivity index (χ1) is 17.2. The van der Waals surface area contributed by atoms with Gasteiger partial charge in [0, 0.05) is 37.1 Å². The molecule has 0 saturated carbocycles. The Morgan fingerprint density at radius 2 is 2.03 bits per heavy atom. The highest BCUT2D eigenvalue weighted by atomic mass is 19.1. The third kappa shape index (κ3) is 9.19. The van der Waals surface area contributed by atoms with Crippen LogP contribution in [-0.4, -0.2) is 46.7 Å². The molecule has 1 atom stereocenters. The zero-order chi connectivity index (χ0) is 24.7. The molecule has 0 aliphatic rings. The number of aromatic nitrogens is 3. The Morgan fingerprint density at radius 1 is 1.17 bits per heavy atom. The highest BCUT2D eigenvalue weighted by molar-refractivity contribution is 5.93. The van der Waals surface area contributed by atoms with Gasteiger partial charge in [-0.15, -0.1) is 0 Å². The summed E-state index contributed by atoms with van der Waals surface area (Å²) in [7, 11) is 0. The number of alkyl carbamates (subject to hydrolysis) is 1. The molecule has 0 fully saturated rings. The van der Waals surface area contributed by atoms with Gasteiger partial charge in [-0.25, -0.2) is 14.2 Å². The Balaban J connectivity index is 1.64. The van der Waals surface area contributed by atoms with Gasteiger partial charge in [-0.05, 0) is 55.5 Å². The highest BCUT2D eigenvalue weighted by Crippen LogP contribution is 2.26. The predicted octanol–water partition coefficient (Wildman–Crippen LogP) is 4.57. The van der Waals surface area contributed by atoms with Crippen LogP contribution in [0, 0.1) is 5.82 Å². The normalized spacial score (nSPS) is 12.2. The molecule has 3 aromatic rings. The van der Waals surface area contributed by atoms with E-state index < -0.39 is 6.09 Å². The van der Waals surface area contributed by atoms with Crippen molar-refractivity contribution >= 4 is 12.1 Å². The molecule has 2 heterocycles. The summed E-state index contributed by atoms with van der Waals surface area (Å²) in [6, 6.07) is 12.2. The van der Waals surface area contributed by atoms with Gasteiger partial charge < -0.3 is 15.0 Å². The number of nitrogens with one attached hydrogen (secondary N) is 3. The Hall–Kier alpha value is -3.75. The van der Waals surface area contributed by atoms with Gasteiger partial charge >= 0.3 is 6.09 Å². The Morgan fingerprint density at radius 3 is 2.74 bits per heavy atom. The van der Waals surface area contributed by atoms with E-state index in [4.69, 9.17) is 4.74 Å². The van der Waals surface area contributed by atoms with Gasteiger partial charge in [0.05, 0.1) is 18.6 Å². The highest BCUT2D eigenvalue weighted by Gasteiger charge is 2.16. The number of carbonyl (C=O) groups is 1. The molecule has 8 nitrogen and oxygen atoms in total. The van der Waals surface area contributed by atoms with Crippen molar-refractivity contribution in [2.24, 2.45) is 4.99 Å². The first kappa shape index (κ1) is 25.9. The second-order valence-electron chi connectivity index (χ2n) is 8.08. The van der Waals surface area contributed by atoms with Gasteiger partial charge in [0.1, 0.15) is 5.82 Å². The Labute approximate surface area is 205 Å². The fourth-order valence-corrected chi connectivity index (χ4v) is 3.55. The lowest BCUT2D eigenvalue weighted by molar-refractivity contribution is 0.149. The number of nitrogens with zero attached hydrogens (tertiary/aromatic N) is 3. The minimum Gasteiger partial charge on any atom is -0.449 e. The van der Waals surface area contributed by atoms with Crippen LogP contribution >= 0.6 is 0 Å². The van der Waals surface area contributed by atoms with Crippen LogP contribution in [0.15, 0.2) is 66.2 Å². The molecule has 0 radical (unpaired) electrons. The molecule has 1 amide bonds. The quantitative estimate of drug-likeness (QED) is 0.200. The van der Waals surface area contributed by atoms with E-state index in [-0.39, 0.29) is 11.7 Å². The number of aromatic amines is 1. The average molecular weight is 481 g/mol. The van der Waals surface area contributed by atoms with E-state index in [0.717, 1.165) is 42.6 Å². The van der Waals surface area contributed by atoms with Crippen molar-refractivity contribution in [2.75, 3.05) is 19.7 Å². The lowest BCUT2D eigenvalue weighted by Gasteiger charge is -2.17. The van der Waals surface area contributed by atoms with Crippen molar-refractivity contribution in [3.8, 4) is 0 Å². The number of aliphatic imine (C=N–C) groups is 1. The van der Waals surface area contributed by atoms with Crippen molar-refractivity contribution in [1.82, 2.24) is 25.6 Å². The summed E-state index contributed by atoms with van der Waals surface area (Å²) in [4.78, 5) is 28.5. The Kier molecular flexibility index (Phi) is 10.7. The number of hydrogen-bond acceptors (Lipinski definition) is 5. The number of hydrogen-bond donors (Lipinski definition) is 3. The summed E-state index contributed by atoms with van der Waals surface area (Å²) in [6.45, 7) is 3.44. The maximum atomic E-state index is 13.5. The summed E-state index contributed by atoms with van der Waals surface area (Å²) in [5.74, 6) is 0.0315. The van der Waals surface area contributed by atoms with Crippen LogP contribution in [0.25, 0.3) is 0 Å². The van der Waals surface area contributed by atoms with E-state index in [1.165, 1.54) is 12.1 Å². The summed E-state index contributed by atoms with van der Waals surface area (Å²) in [5, 5.41) is 5.92. The van der Waals surface area contributed by atoms with Gasteiger partial charge in [-0.2, -0.15) is 0 Å². The molecule has 0 aliphatic heterocycles. The fourth-order valence-electron chi connectivity index (χ4n) is 3.55. The van der Waals surface area contributed by atoms with Gasteiger partial charge in [-0.1, -0.05) is 31.5 Å². The maximum Gasteiger partial charge on any atom is 0.413 e. The number of pyridine rings is 1. The third-order valence-electron chi connectivity index (χ3n) is 5.41. The second-order valence-corrected chi connectivity index (χ2v) is 8.08. The smallest absolute Gasteiger partial charge is 0.413 e. The minimum absolute atomic E-state index is 0.0574. The first-order valence-electron chi connectivity index (χ1n) is 12.0.